The first kappa shape index (κ1) is 12.7. The molecule has 2 nitrogen and oxygen atoms in total. The maximum absolute atomic E-state index is 9.97. The summed E-state index contributed by atoms with van der Waals surface area (Å²) in [5, 5.41) is 9.97. The van der Waals surface area contributed by atoms with E-state index in [0.717, 1.165) is 22.4 Å². The molecule has 0 aliphatic carbocycles. The molecule has 1 N–H and O–H groups in total. The van der Waals surface area contributed by atoms with Crippen molar-refractivity contribution in [1.82, 2.24) is 0 Å². The first-order valence-corrected chi connectivity index (χ1v) is 5.37. The Labute approximate surface area is 97.4 Å². The summed E-state index contributed by atoms with van der Waals surface area (Å²) in [6, 6.07) is 5.91. The van der Waals surface area contributed by atoms with E-state index in [1.54, 1.807) is 13.8 Å². The molecule has 1 aromatic rings. The van der Waals surface area contributed by atoms with Gasteiger partial charge >= 0.3 is 0 Å². The van der Waals surface area contributed by atoms with Gasteiger partial charge in [-0.05, 0) is 51.6 Å². The molecule has 1 rings (SSSR count). The molecule has 0 bridgehead atoms. The minimum absolute atomic E-state index is 0.831. The molecule has 2 heteroatoms. The molecule has 0 spiro atoms. The molecule has 0 heterocycles. The van der Waals surface area contributed by atoms with E-state index in [2.05, 4.69) is 11.7 Å². The van der Waals surface area contributed by atoms with E-state index in [1.807, 2.05) is 38.1 Å². The molecule has 0 aliphatic rings. The van der Waals surface area contributed by atoms with E-state index in [1.165, 1.54) is 0 Å². The molecule has 0 radical (unpaired) electrons. The molecule has 0 unspecified atom stereocenters. The van der Waals surface area contributed by atoms with Crippen LogP contribution in [0.3, 0.4) is 0 Å². The summed E-state index contributed by atoms with van der Waals surface area (Å²) in [5.74, 6) is 0. The lowest BCUT2D eigenvalue weighted by molar-refractivity contribution is 0.0786. The number of hydrogen-bond acceptors (Lipinski definition) is 2. The molecule has 0 amide bonds. The van der Waals surface area contributed by atoms with Crippen LogP contribution in [0.4, 0.5) is 0 Å². The SMILES string of the molecule is C=NC(=CC)c1cc(C(C)(C)O)ccc1C. The number of rotatable bonds is 3. The van der Waals surface area contributed by atoms with Crippen molar-refractivity contribution in [2.75, 3.05) is 0 Å². The standard InChI is InChI=1S/C14H19NO/c1-6-13(15-5)12-9-11(14(3,4)16)8-7-10(12)2/h6-9,16H,5H2,1-4H3. The van der Waals surface area contributed by atoms with Gasteiger partial charge in [-0.25, -0.2) is 0 Å². The highest BCUT2D eigenvalue weighted by Crippen LogP contribution is 2.26. The fraction of sp³-hybridized carbons (Fsp3) is 0.357. The van der Waals surface area contributed by atoms with Crippen molar-refractivity contribution < 1.29 is 5.11 Å². The lowest BCUT2D eigenvalue weighted by atomic mass is 9.93. The highest BCUT2D eigenvalue weighted by Gasteiger charge is 2.17. The normalized spacial score (nSPS) is 12.7. The van der Waals surface area contributed by atoms with Crippen LogP contribution >= 0.6 is 0 Å². The van der Waals surface area contributed by atoms with Crippen molar-refractivity contribution in [2.45, 2.75) is 33.3 Å². The van der Waals surface area contributed by atoms with Crippen LogP contribution in [-0.2, 0) is 5.60 Å². The molecule has 1 aromatic carbocycles. The second-order valence-electron chi connectivity index (χ2n) is 4.42. The Morgan fingerprint density at radius 2 is 2.06 bits per heavy atom. The van der Waals surface area contributed by atoms with Gasteiger partial charge in [0.15, 0.2) is 0 Å². The maximum Gasteiger partial charge on any atom is 0.0840 e. The molecular weight excluding hydrogens is 198 g/mol. The lowest BCUT2D eigenvalue weighted by Crippen LogP contribution is -2.15. The van der Waals surface area contributed by atoms with Crippen LogP contribution in [-0.4, -0.2) is 11.8 Å². The molecule has 0 fully saturated rings. The van der Waals surface area contributed by atoms with Crippen LogP contribution < -0.4 is 0 Å². The van der Waals surface area contributed by atoms with Crippen molar-refractivity contribution >= 4 is 12.4 Å². The summed E-state index contributed by atoms with van der Waals surface area (Å²) >= 11 is 0. The van der Waals surface area contributed by atoms with E-state index >= 15 is 0 Å². The Hall–Kier alpha value is -1.41. The first-order chi connectivity index (χ1) is 7.40. The fourth-order valence-corrected chi connectivity index (χ4v) is 1.61. The Balaban J connectivity index is 3.35. The third-order valence-corrected chi connectivity index (χ3v) is 2.66. The second-order valence-corrected chi connectivity index (χ2v) is 4.42. The summed E-state index contributed by atoms with van der Waals surface area (Å²) in [7, 11) is 0. The summed E-state index contributed by atoms with van der Waals surface area (Å²) in [6.45, 7) is 11.1. The van der Waals surface area contributed by atoms with Gasteiger partial charge in [-0.2, -0.15) is 0 Å². The van der Waals surface area contributed by atoms with Gasteiger partial charge in [0.2, 0.25) is 0 Å². The van der Waals surface area contributed by atoms with E-state index in [4.69, 9.17) is 0 Å². The van der Waals surface area contributed by atoms with Gasteiger partial charge in [-0.3, -0.25) is 4.99 Å². The number of aliphatic imine (C=N–C) groups is 1. The lowest BCUT2D eigenvalue weighted by Gasteiger charge is -2.19. The highest BCUT2D eigenvalue weighted by molar-refractivity contribution is 5.70. The maximum atomic E-state index is 9.97. The van der Waals surface area contributed by atoms with Crippen LogP contribution in [0.25, 0.3) is 5.70 Å². The Morgan fingerprint density at radius 3 is 2.50 bits per heavy atom. The number of hydrogen-bond donors (Lipinski definition) is 1. The number of allylic oxidation sites excluding steroid dienone is 1. The number of benzene rings is 1. The molecule has 16 heavy (non-hydrogen) atoms. The van der Waals surface area contributed by atoms with E-state index in [9.17, 15) is 5.11 Å². The zero-order chi connectivity index (χ0) is 12.3. The minimum atomic E-state index is -0.831. The average Bonchev–Trinajstić information content (AvgIpc) is 2.20. The number of nitrogens with zero attached hydrogens (tertiary/aromatic N) is 1. The largest absolute Gasteiger partial charge is 0.386 e. The van der Waals surface area contributed by atoms with Crippen molar-refractivity contribution in [2.24, 2.45) is 4.99 Å². The van der Waals surface area contributed by atoms with Crippen molar-refractivity contribution in [1.29, 1.82) is 0 Å². The minimum Gasteiger partial charge on any atom is -0.386 e. The van der Waals surface area contributed by atoms with E-state index < -0.39 is 5.60 Å². The van der Waals surface area contributed by atoms with Crippen LogP contribution in [0.5, 0.6) is 0 Å². The monoisotopic (exact) mass is 217 g/mol. The van der Waals surface area contributed by atoms with E-state index in [0.29, 0.717) is 0 Å². The predicted octanol–water partition coefficient (Wildman–Crippen LogP) is 3.28. The van der Waals surface area contributed by atoms with Crippen LogP contribution in [0, 0.1) is 6.92 Å². The third kappa shape index (κ3) is 2.58. The predicted molar refractivity (Wildman–Crippen MR) is 69.6 cm³/mol. The van der Waals surface area contributed by atoms with E-state index in [-0.39, 0.29) is 0 Å². The Morgan fingerprint density at radius 1 is 1.44 bits per heavy atom. The molecule has 0 aliphatic heterocycles. The fourth-order valence-electron chi connectivity index (χ4n) is 1.61. The van der Waals surface area contributed by atoms with Crippen molar-refractivity contribution in [3.8, 4) is 0 Å². The molecular formula is C14H19NO. The number of aliphatic hydroxyl groups is 1. The Bertz CT molecular complexity index is 425. The summed E-state index contributed by atoms with van der Waals surface area (Å²) in [4.78, 5) is 3.99. The first-order valence-electron chi connectivity index (χ1n) is 5.37. The average molecular weight is 217 g/mol. The van der Waals surface area contributed by atoms with Gasteiger partial charge in [0, 0.05) is 5.56 Å². The van der Waals surface area contributed by atoms with Gasteiger partial charge in [0.25, 0.3) is 0 Å². The van der Waals surface area contributed by atoms with Gasteiger partial charge in [0.1, 0.15) is 0 Å². The molecule has 0 saturated heterocycles. The third-order valence-electron chi connectivity index (χ3n) is 2.66. The van der Waals surface area contributed by atoms with Crippen LogP contribution in [0.1, 0.15) is 37.5 Å². The van der Waals surface area contributed by atoms with Crippen molar-refractivity contribution in [3.05, 3.63) is 41.0 Å². The van der Waals surface area contributed by atoms with Gasteiger partial charge in [0.05, 0.1) is 11.3 Å². The second kappa shape index (κ2) is 4.62. The quantitative estimate of drug-likeness (QED) is 0.774. The topological polar surface area (TPSA) is 32.6 Å². The van der Waals surface area contributed by atoms with Crippen molar-refractivity contribution in [3.63, 3.8) is 0 Å². The molecule has 0 saturated carbocycles. The van der Waals surface area contributed by atoms with Gasteiger partial charge < -0.3 is 5.11 Å². The summed E-state index contributed by atoms with van der Waals surface area (Å²) in [5.41, 5.74) is 3.06. The van der Waals surface area contributed by atoms with Crippen LogP contribution in [0.15, 0.2) is 29.3 Å². The van der Waals surface area contributed by atoms with Gasteiger partial charge in [-0.15, -0.1) is 0 Å². The van der Waals surface area contributed by atoms with Crippen LogP contribution in [0.2, 0.25) is 0 Å². The molecule has 0 atom stereocenters. The zero-order valence-electron chi connectivity index (χ0n) is 10.4. The van der Waals surface area contributed by atoms with Gasteiger partial charge in [-0.1, -0.05) is 18.2 Å². The molecule has 0 aromatic heterocycles. The molecule has 86 valence electrons. The summed E-state index contributed by atoms with van der Waals surface area (Å²) < 4.78 is 0. The Kier molecular flexibility index (Phi) is 3.66. The summed E-state index contributed by atoms with van der Waals surface area (Å²) in [6.07, 6.45) is 1.92. The smallest absolute Gasteiger partial charge is 0.0840 e. The highest BCUT2D eigenvalue weighted by atomic mass is 16.3. The number of aryl methyl sites for hydroxylation is 1. The zero-order valence-corrected chi connectivity index (χ0v) is 10.4.